The molecule has 1 atom stereocenters. The Labute approximate surface area is 103 Å². The van der Waals surface area contributed by atoms with Gasteiger partial charge in [0.05, 0.1) is 12.8 Å². The lowest BCUT2D eigenvalue weighted by Crippen LogP contribution is -2.47. The Kier molecular flexibility index (Phi) is 4.08. The van der Waals surface area contributed by atoms with Gasteiger partial charge < -0.3 is 15.1 Å². The van der Waals surface area contributed by atoms with E-state index in [2.05, 4.69) is 10.6 Å². The second-order valence-corrected chi connectivity index (χ2v) is 4.89. The normalized spacial score (nSPS) is 20.5. The summed E-state index contributed by atoms with van der Waals surface area (Å²) in [4.78, 5) is 23.1. The van der Waals surface area contributed by atoms with Gasteiger partial charge in [0.25, 0.3) is 0 Å². The molecule has 6 heteroatoms. The Morgan fingerprint density at radius 2 is 2.53 bits per heavy atom. The van der Waals surface area contributed by atoms with Crippen LogP contribution in [0.15, 0.2) is 22.8 Å². The fraction of sp³-hybridized carbons (Fsp3) is 0.455. The molecule has 0 spiro atoms. The minimum Gasteiger partial charge on any atom is -0.467 e. The summed E-state index contributed by atoms with van der Waals surface area (Å²) in [5.41, 5.74) is 0. The Morgan fingerprint density at radius 1 is 1.65 bits per heavy atom. The quantitative estimate of drug-likeness (QED) is 0.825. The van der Waals surface area contributed by atoms with E-state index in [0.717, 1.165) is 5.75 Å². The molecular weight excluding hydrogens is 240 g/mol. The van der Waals surface area contributed by atoms with Crippen LogP contribution in [-0.2, 0) is 16.1 Å². The minimum absolute atomic E-state index is 0.0619. The van der Waals surface area contributed by atoms with Gasteiger partial charge >= 0.3 is 0 Å². The number of rotatable bonds is 3. The molecule has 0 unspecified atom stereocenters. The number of hydrogen-bond donors (Lipinski definition) is 2. The van der Waals surface area contributed by atoms with E-state index in [9.17, 15) is 9.59 Å². The molecule has 0 bridgehead atoms. The topological polar surface area (TPSA) is 71.3 Å². The summed E-state index contributed by atoms with van der Waals surface area (Å²) >= 11 is 1.61. The van der Waals surface area contributed by atoms with E-state index in [1.54, 1.807) is 30.2 Å². The van der Waals surface area contributed by atoms with Gasteiger partial charge in [-0.05, 0) is 12.1 Å². The highest BCUT2D eigenvalue weighted by molar-refractivity contribution is 7.99. The second-order valence-electron chi connectivity index (χ2n) is 3.74. The van der Waals surface area contributed by atoms with Crippen molar-refractivity contribution in [2.75, 3.05) is 11.5 Å². The average Bonchev–Trinajstić information content (AvgIpc) is 2.74. The molecule has 2 rings (SSSR count). The fourth-order valence-electron chi connectivity index (χ4n) is 1.53. The third-order valence-corrected chi connectivity index (χ3v) is 3.49. The van der Waals surface area contributed by atoms with Gasteiger partial charge in [-0.15, -0.1) is 0 Å². The largest absolute Gasteiger partial charge is 0.467 e. The predicted molar refractivity (Wildman–Crippen MR) is 64.4 cm³/mol. The summed E-state index contributed by atoms with van der Waals surface area (Å²) in [5.74, 6) is 1.87. The maximum atomic E-state index is 11.8. The van der Waals surface area contributed by atoms with E-state index >= 15 is 0 Å². The first-order chi connectivity index (χ1) is 8.25. The van der Waals surface area contributed by atoms with Crippen LogP contribution in [0.3, 0.4) is 0 Å². The minimum atomic E-state index is -0.440. The highest BCUT2D eigenvalue weighted by atomic mass is 32.2. The Morgan fingerprint density at radius 3 is 3.29 bits per heavy atom. The molecule has 0 aliphatic carbocycles. The smallest absolute Gasteiger partial charge is 0.243 e. The third kappa shape index (κ3) is 3.52. The van der Waals surface area contributed by atoms with Gasteiger partial charge in [-0.1, -0.05) is 0 Å². The van der Waals surface area contributed by atoms with Crippen LogP contribution in [0.2, 0.25) is 0 Å². The van der Waals surface area contributed by atoms with Gasteiger partial charge in [-0.25, -0.2) is 0 Å². The number of furan rings is 1. The van der Waals surface area contributed by atoms with E-state index in [-0.39, 0.29) is 11.8 Å². The van der Waals surface area contributed by atoms with E-state index in [4.69, 9.17) is 4.42 Å². The van der Waals surface area contributed by atoms with Crippen molar-refractivity contribution in [3.63, 3.8) is 0 Å². The molecule has 1 aromatic heterocycles. The Bertz CT molecular complexity index is 391. The summed E-state index contributed by atoms with van der Waals surface area (Å²) in [6.45, 7) is 0.350. The van der Waals surface area contributed by atoms with Crippen molar-refractivity contribution < 1.29 is 14.0 Å². The molecule has 1 saturated heterocycles. The maximum absolute atomic E-state index is 11.8. The van der Waals surface area contributed by atoms with Crippen molar-refractivity contribution in [2.45, 2.75) is 19.0 Å². The SMILES string of the molecule is O=C1CCSC[C@H](C(=O)NCc2ccco2)N1. The first-order valence-electron chi connectivity index (χ1n) is 5.43. The molecule has 0 saturated carbocycles. The molecule has 0 radical (unpaired) electrons. The number of amides is 2. The van der Waals surface area contributed by atoms with Crippen molar-refractivity contribution in [1.29, 1.82) is 0 Å². The summed E-state index contributed by atoms with van der Waals surface area (Å²) in [5, 5.41) is 5.45. The molecule has 2 heterocycles. The highest BCUT2D eigenvalue weighted by Crippen LogP contribution is 2.10. The van der Waals surface area contributed by atoms with Crippen LogP contribution in [0.25, 0.3) is 0 Å². The van der Waals surface area contributed by atoms with Crippen LogP contribution < -0.4 is 10.6 Å². The number of thioether (sulfide) groups is 1. The van der Waals surface area contributed by atoms with Crippen LogP contribution in [0.5, 0.6) is 0 Å². The number of hydrogen-bond acceptors (Lipinski definition) is 4. The van der Waals surface area contributed by atoms with Gasteiger partial charge in [-0.2, -0.15) is 11.8 Å². The number of nitrogens with one attached hydrogen (secondary N) is 2. The van der Waals surface area contributed by atoms with E-state index in [1.165, 1.54) is 0 Å². The van der Waals surface area contributed by atoms with Gasteiger partial charge in [0.15, 0.2) is 0 Å². The molecule has 17 heavy (non-hydrogen) atoms. The zero-order chi connectivity index (χ0) is 12.1. The molecule has 1 fully saturated rings. The van der Waals surface area contributed by atoms with Crippen LogP contribution in [0.1, 0.15) is 12.2 Å². The zero-order valence-electron chi connectivity index (χ0n) is 9.27. The molecule has 2 amide bonds. The van der Waals surface area contributed by atoms with Gasteiger partial charge in [0, 0.05) is 17.9 Å². The molecule has 2 N–H and O–H groups in total. The average molecular weight is 254 g/mol. The molecule has 0 aromatic carbocycles. The monoisotopic (exact) mass is 254 g/mol. The standard InChI is InChI=1S/C11H14N2O3S/c14-10-3-5-17-7-9(13-10)11(15)12-6-8-2-1-4-16-8/h1-2,4,9H,3,5-7H2,(H,12,15)(H,13,14)/t9-/m1/s1. The van der Waals surface area contributed by atoms with E-state index in [0.29, 0.717) is 24.5 Å². The van der Waals surface area contributed by atoms with E-state index in [1.807, 2.05) is 0 Å². The molecule has 5 nitrogen and oxygen atoms in total. The van der Waals surface area contributed by atoms with Crippen molar-refractivity contribution in [1.82, 2.24) is 10.6 Å². The van der Waals surface area contributed by atoms with Gasteiger partial charge in [0.1, 0.15) is 11.8 Å². The van der Waals surface area contributed by atoms with Crippen molar-refractivity contribution in [3.8, 4) is 0 Å². The first kappa shape index (κ1) is 12.0. The van der Waals surface area contributed by atoms with Gasteiger partial charge in [0.2, 0.25) is 11.8 Å². The summed E-state index contributed by atoms with van der Waals surface area (Å²) in [6.07, 6.45) is 2.04. The third-order valence-electron chi connectivity index (χ3n) is 2.43. The molecule has 1 aliphatic heterocycles. The van der Waals surface area contributed by atoms with Crippen LogP contribution in [0.4, 0.5) is 0 Å². The number of carbonyl (C=O) groups excluding carboxylic acids is 2. The molecule has 1 aliphatic rings. The Hall–Kier alpha value is -1.43. The lowest BCUT2D eigenvalue weighted by molar-refractivity contribution is -0.128. The number of carbonyl (C=O) groups is 2. The summed E-state index contributed by atoms with van der Waals surface area (Å²) in [7, 11) is 0. The van der Waals surface area contributed by atoms with E-state index < -0.39 is 6.04 Å². The predicted octanol–water partition coefficient (Wildman–Crippen LogP) is 0.517. The van der Waals surface area contributed by atoms with Crippen molar-refractivity contribution in [3.05, 3.63) is 24.2 Å². The van der Waals surface area contributed by atoms with Crippen molar-refractivity contribution in [2.24, 2.45) is 0 Å². The maximum Gasteiger partial charge on any atom is 0.243 e. The van der Waals surface area contributed by atoms with Crippen LogP contribution >= 0.6 is 11.8 Å². The Balaban J connectivity index is 1.84. The van der Waals surface area contributed by atoms with Crippen LogP contribution in [-0.4, -0.2) is 29.4 Å². The highest BCUT2D eigenvalue weighted by Gasteiger charge is 2.23. The zero-order valence-corrected chi connectivity index (χ0v) is 10.1. The second kappa shape index (κ2) is 5.77. The first-order valence-corrected chi connectivity index (χ1v) is 6.58. The van der Waals surface area contributed by atoms with Gasteiger partial charge in [-0.3, -0.25) is 9.59 Å². The van der Waals surface area contributed by atoms with Crippen LogP contribution in [0, 0.1) is 0 Å². The lowest BCUT2D eigenvalue weighted by Gasteiger charge is -2.14. The summed E-state index contributed by atoms with van der Waals surface area (Å²) < 4.78 is 5.11. The molecular formula is C11H14N2O3S. The summed E-state index contributed by atoms with van der Waals surface area (Å²) in [6, 6.07) is 3.12. The lowest BCUT2D eigenvalue weighted by atomic mass is 10.3. The fourth-order valence-corrected chi connectivity index (χ4v) is 2.49. The molecule has 92 valence electrons. The van der Waals surface area contributed by atoms with Crippen molar-refractivity contribution >= 4 is 23.6 Å². The molecule has 1 aromatic rings.